The van der Waals surface area contributed by atoms with Gasteiger partial charge >= 0.3 is 0 Å². The van der Waals surface area contributed by atoms with Crippen LogP contribution in [-0.4, -0.2) is 50.5 Å². The summed E-state index contributed by atoms with van der Waals surface area (Å²) in [5, 5.41) is 2.95. The fourth-order valence-corrected chi connectivity index (χ4v) is 4.77. The fraction of sp³-hybridized carbons (Fsp3) is 0.462. The highest BCUT2D eigenvalue weighted by Gasteiger charge is 2.28. The van der Waals surface area contributed by atoms with Crippen LogP contribution in [0, 0.1) is 0 Å². The maximum atomic E-state index is 13.3. The van der Waals surface area contributed by atoms with Crippen molar-refractivity contribution in [3.63, 3.8) is 0 Å². The van der Waals surface area contributed by atoms with Crippen molar-refractivity contribution in [2.75, 3.05) is 23.7 Å². The van der Waals surface area contributed by atoms with Gasteiger partial charge in [-0.3, -0.25) is 13.9 Å². The molecule has 0 aromatic heterocycles. The Morgan fingerprint density at radius 1 is 0.941 bits per heavy atom. The van der Waals surface area contributed by atoms with Crippen molar-refractivity contribution in [1.29, 1.82) is 0 Å². The van der Waals surface area contributed by atoms with Crippen LogP contribution < -0.4 is 9.62 Å². The Bertz CT molecular complexity index is 997. The molecule has 0 heterocycles. The van der Waals surface area contributed by atoms with Crippen molar-refractivity contribution >= 4 is 27.5 Å². The number of unbranched alkanes of at least 4 members (excludes halogenated alkanes) is 1. The lowest BCUT2D eigenvalue weighted by molar-refractivity contribution is -0.141. The molecule has 0 saturated heterocycles. The number of rotatable bonds is 14. The lowest BCUT2D eigenvalue weighted by atomic mass is 10.1. The van der Waals surface area contributed by atoms with E-state index >= 15 is 0 Å². The third-order valence-electron chi connectivity index (χ3n) is 5.61. The molecule has 0 aliphatic rings. The number of hydrogen-bond acceptors (Lipinski definition) is 4. The van der Waals surface area contributed by atoms with E-state index in [2.05, 4.69) is 12.2 Å². The molecular weight excluding hydrogens is 450 g/mol. The molecule has 0 aliphatic carbocycles. The van der Waals surface area contributed by atoms with Gasteiger partial charge in [0.2, 0.25) is 21.8 Å². The summed E-state index contributed by atoms with van der Waals surface area (Å²) >= 11 is 0. The van der Waals surface area contributed by atoms with E-state index < -0.39 is 16.1 Å². The predicted octanol–water partition coefficient (Wildman–Crippen LogP) is 3.96. The molecule has 2 amide bonds. The first-order valence-electron chi connectivity index (χ1n) is 11.9. The molecule has 0 radical (unpaired) electrons. The molecule has 0 unspecified atom stereocenters. The quantitative estimate of drug-likeness (QED) is 0.409. The van der Waals surface area contributed by atoms with Crippen molar-refractivity contribution < 1.29 is 18.0 Å². The lowest BCUT2D eigenvalue weighted by Gasteiger charge is -2.31. The number of amides is 2. The second kappa shape index (κ2) is 13.7. The van der Waals surface area contributed by atoms with Gasteiger partial charge in [-0.2, -0.15) is 0 Å². The third-order valence-corrected chi connectivity index (χ3v) is 6.80. The number of anilines is 1. The molecule has 1 atom stereocenters. The second-order valence-electron chi connectivity index (χ2n) is 8.35. The Labute approximate surface area is 204 Å². The first kappa shape index (κ1) is 27.4. The molecule has 186 valence electrons. The predicted molar refractivity (Wildman–Crippen MR) is 137 cm³/mol. The van der Waals surface area contributed by atoms with Crippen molar-refractivity contribution in [3.8, 4) is 0 Å². The van der Waals surface area contributed by atoms with Crippen LogP contribution in [0.1, 0.15) is 51.5 Å². The van der Waals surface area contributed by atoms with Crippen LogP contribution in [0.15, 0.2) is 60.7 Å². The van der Waals surface area contributed by atoms with Gasteiger partial charge in [-0.1, -0.05) is 68.8 Å². The number of nitrogens with zero attached hydrogens (tertiary/aromatic N) is 2. The first-order chi connectivity index (χ1) is 16.3. The Morgan fingerprint density at radius 3 is 2.12 bits per heavy atom. The van der Waals surface area contributed by atoms with Crippen molar-refractivity contribution in [1.82, 2.24) is 10.2 Å². The maximum absolute atomic E-state index is 13.3. The van der Waals surface area contributed by atoms with Crippen LogP contribution in [0.4, 0.5) is 5.69 Å². The van der Waals surface area contributed by atoms with E-state index in [0.29, 0.717) is 31.6 Å². The van der Waals surface area contributed by atoms with Crippen LogP contribution in [0.5, 0.6) is 0 Å². The Morgan fingerprint density at radius 2 is 1.56 bits per heavy atom. The Hall–Kier alpha value is -2.87. The maximum Gasteiger partial charge on any atom is 0.242 e. The first-order valence-corrected chi connectivity index (χ1v) is 13.8. The molecule has 2 rings (SSSR count). The Balaban J connectivity index is 2.14. The summed E-state index contributed by atoms with van der Waals surface area (Å²) in [6, 6.07) is 17.9. The standard InChI is InChI=1S/C26H37N3O4S/c1-4-6-19-27-26(31)24(5-2)28(21-22-14-9-7-10-15-22)25(30)18-13-20-29(34(3,32)33)23-16-11-8-12-17-23/h7-12,14-17,24H,4-6,13,18-21H2,1-3H3,(H,27,31)/t24-/m1/s1. The zero-order chi connectivity index (χ0) is 25.0. The molecule has 0 saturated carbocycles. The average molecular weight is 488 g/mol. The molecule has 1 N–H and O–H groups in total. The minimum atomic E-state index is -3.49. The van der Waals surface area contributed by atoms with Gasteiger partial charge in [-0.15, -0.1) is 0 Å². The van der Waals surface area contributed by atoms with E-state index in [1.165, 1.54) is 4.31 Å². The van der Waals surface area contributed by atoms with Crippen LogP contribution >= 0.6 is 0 Å². The van der Waals surface area contributed by atoms with Crippen molar-refractivity contribution in [3.05, 3.63) is 66.2 Å². The molecule has 2 aromatic carbocycles. The number of sulfonamides is 1. The zero-order valence-corrected chi connectivity index (χ0v) is 21.3. The normalized spacial score (nSPS) is 12.1. The van der Waals surface area contributed by atoms with Gasteiger partial charge in [0.25, 0.3) is 0 Å². The molecule has 34 heavy (non-hydrogen) atoms. The van der Waals surface area contributed by atoms with Crippen molar-refractivity contribution in [2.24, 2.45) is 0 Å². The highest BCUT2D eigenvalue weighted by Crippen LogP contribution is 2.19. The summed E-state index contributed by atoms with van der Waals surface area (Å²) in [6.45, 7) is 5.06. The molecule has 0 bridgehead atoms. The van der Waals surface area contributed by atoms with Crippen molar-refractivity contribution in [2.45, 2.75) is 58.5 Å². The van der Waals surface area contributed by atoms with Crippen LogP contribution in [0.25, 0.3) is 0 Å². The van der Waals surface area contributed by atoms with E-state index in [9.17, 15) is 18.0 Å². The molecule has 0 aliphatic heterocycles. The van der Waals surface area contributed by atoms with Gasteiger partial charge in [-0.25, -0.2) is 8.42 Å². The average Bonchev–Trinajstić information content (AvgIpc) is 2.82. The highest BCUT2D eigenvalue weighted by molar-refractivity contribution is 7.92. The van der Waals surface area contributed by atoms with E-state index in [-0.39, 0.29) is 24.8 Å². The van der Waals surface area contributed by atoms with E-state index in [4.69, 9.17) is 0 Å². The summed E-state index contributed by atoms with van der Waals surface area (Å²) in [6.07, 6.45) is 4.01. The topological polar surface area (TPSA) is 86.8 Å². The number of para-hydroxylation sites is 1. The summed E-state index contributed by atoms with van der Waals surface area (Å²) in [4.78, 5) is 27.8. The fourth-order valence-electron chi connectivity index (χ4n) is 3.80. The summed E-state index contributed by atoms with van der Waals surface area (Å²) in [5.74, 6) is -0.315. The molecule has 0 fully saturated rings. The van der Waals surface area contributed by atoms with Gasteiger partial charge in [0.1, 0.15) is 6.04 Å². The highest BCUT2D eigenvalue weighted by atomic mass is 32.2. The zero-order valence-electron chi connectivity index (χ0n) is 20.4. The number of benzene rings is 2. The minimum absolute atomic E-state index is 0.143. The third kappa shape index (κ3) is 8.48. The monoisotopic (exact) mass is 487 g/mol. The van der Waals surface area contributed by atoms with Gasteiger partial charge in [0.15, 0.2) is 0 Å². The van der Waals surface area contributed by atoms with E-state index in [1.807, 2.05) is 43.3 Å². The molecule has 8 heteroatoms. The summed E-state index contributed by atoms with van der Waals surface area (Å²) in [5.41, 5.74) is 1.51. The SMILES string of the molecule is CCCCNC(=O)[C@@H](CC)N(Cc1ccccc1)C(=O)CCCN(c1ccccc1)S(C)(=O)=O. The van der Waals surface area contributed by atoms with Crippen LogP contribution in [-0.2, 0) is 26.2 Å². The van der Waals surface area contributed by atoms with Gasteiger partial charge < -0.3 is 10.2 Å². The number of carbonyl (C=O) groups excluding carboxylic acids is 2. The van der Waals surface area contributed by atoms with Gasteiger partial charge in [0, 0.05) is 26.1 Å². The van der Waals surface area contributed by atoms with E-state index in [0.717, 1.165) is 24.7 Å². The molecule has 7 nitrogen and oxygen atoms in total. The summed E-state index contributed by atoms with van der Waals surface area (Å²) < 4.78 is 26.0. The van der Waals surface area contributed by atoms with Crippen LogP contribution in [0.3, 0.4) is 0 Å². The van der Waals surface area contributed by atoms with Crippen LogP contribution in [0.2, 0.25) is 0 Å². The molecular formula is C26H37N3O4S. The van der Waals surface area contributed by atoms with E-state index in [1.54, 1.807) is 29.2 Å². The largest absolute Gasteiger partial charge is 0.354 e. The summed E-state index contributed by atoms with van der Waals surface area (Å²) in [7, 11) is -3.49. The number of carbonyl (C=O) groups is 2. The van der Waals surface area contributed by atoms with Gasteiger partial charge in [-0.05, 0) is 37.0 Å². The number of hydrogen-bond donors (Lipinski definition) is 1. The number of nitrogens with one attached hydrogen (secondary N) is 1. The smallest absolute Gasteiger partial charge is 0.242 e. The molecule has 2 aromatic rings. The lowest BCUT2D eigenvalue weighted by Crippen LogP contribution is -2.49. The minimum Gasteiger partial charge on any atom is -0.354 e. The molecule has 0 spiro atoms. The van der Waals surface area contributed by atoms with Gasteiger partial charge in [0.05, 0.1) is 11.9 Å². The second-order valence-corrected chi connectivity index (χ2v) is 10.3. The Kier molecular flexibility index (Phi) is 11.1.